The number of hydrogen-bond donors (Lipinski definition) is 2. The van der Waals surface area contributed by atoms with Crippen LogP contribution in [0.1, 0.15) is 78.5 Å². The molecule has 3 amide bonds. The fraction of sp³-hybridized carbons (Fsp3) is 0.615. The van der Waals surface area contributed by atoms with E-state index in [1.54, 1.807) is 46.8 Å². The van der Waals surface area contributed by atoms with Gasteiger partial charge in [0.15, 0.2) is 0 Å². The number of alkyl carbamates (subject to hydrolysis) is 1. The van der Waals surface area contributed by atoms with Crippen molar-refractivity contribution in [3.63, 3.8) is 0 Å². The van der Waals surface area contributed by atoms with E-state index in [-0.39, 0.29) is 25.6 Å². The van der Waals surface area contributed by atoms with Gasteiger partial charge >= 0.3 is 12.1 Å². The van der Waals surface area contributed by atoms with E-state index >= 15 is 0 Å². The molecule has 0 heterocycles. The molecule has 0 spiro atoms. The largest absolute Gasteiger partial charge is 0.466 e. The van der Waals surface area contributed by atoms with E-state index in [0.717, 1.165) is 5.56 Å². The summed E-state index contributed by atoms with van der Waals surface area (Å²) in [7, 11) is 0. The van der Waals surface area contributed by atoms with E-state index < -0.39 is 41.6 Å². The minimum absolute atomic E-state index is 0.0219. The smallest absolute Gasteiger partial charge is 0.408 e. The second kappa shape index (κ2) is 13.7. The maximum Gasteiger partial charge on any atom is 0.408 e. The van der Waals surface area contributed by atoms with Crippen LogP contribution in [-0.2, 0) is 23.9 Å². The molecule has 9 nitrogen and oxygen atoms in total. The Bertz CT molecular complexity index is 863. The number of aryl methyl sites for hydroxylation is 1. The molecule has 3 unspecified atom stereocenters. The van der Waals surface area contributed by atoms with Crippen LogP contribution in [0.25, 0.3) is 0 Å². The summed E-state index contributed by atoms with van der Waals surface area (Å²) >= 11 is 0. The first-order valence-electron chi connectivity index (χ1n) is 12.1. The number of carbonyl (C=O) groups excluding carboxylic acids is 4. The minimum atomic E-state index is -0.955. The number of nitrogens with one attached hydrogen (secondary N) is 2. The Morgan fingerprint density at radius 3 is 2.14 bits per heavy atom. The lowest BCUT2D eigenvalue weighted by molar-refractivity contribution is -0.145. The standard InChI is InChI=1S/C26H41N3O6/c1-9-18(4)29(24(32)19(5)28-25(33)35-26(6,7)8)22(20-13-11-17(3)12-14-20)23(31)27-16-15-21(30)34-10-2/h11-14,18-19,22H,9-10,15-16H2,1-8H3,(H,27,31)(H,28,33). The third kappa shape index (κ3) is 9.96. The molecule has 2 N–H and O–H groups in total. The van der Waals surface area contributed by atoms with Gasteiger partial charge in [0, 0.05) is 12.6 Å². The van der Waals surface area contributed by atoms with Crippen molar-refractivity contribution in [3.05, 3.63) is 35.4 Å². The number of rotatable bonds is 11. The zero-order chi connectivity index (χ0) is 26.8. The monoisotopic (exact) mass is 491 g/mol. The Balaban J connectivity index is 3.24. The predicted octanol–water partition coefficient (Wildman–Crippen LogP) is 3.65. The molecule has 0 radical (unpaired) electrons. The van der Waals surface area contributed by atoms with Crippen LogP contribution in [0, 0.1) is 6.92 Å². The quantitative estimate of drug-likeness (QED) is 0.457. The van der Waals surface area contributed by atoms with Crippen LogP contribution >= 0.6 is 0 Å². The molecule has 0 aromatic heterocycles. The highest BCUT2D eigenvalue weighted by Crippen LogP contribution is 2.26. The predicted molar refractivity (Wildman–Crippen MR) is 134 cm³/mol. The Morgan fingerprint density at radius 1 is 1.03 bits per heavy atom. The average molecular weight is 492 g/mol. The van der Waals surface area contributed by atoms with Crippen LogP contribution < -0.4 is 10.6 Å². The summed E-state index contributed by atoms with van der Waals surface area (Å²) < 4.78 is 10.2. The zero-order valence-corrected chi connectivity index (χ0v) is 22.3. The second-order valence-corrected chi connectivity index (χ2v) is 9.53. The van der Waals surface area contributed by atoms with Gasteiger partial charge in [0.25, 0.3) is 0 Å². The van der Waals surface area contributed by atoms with Crippen LogP contribution in [0.2, 0.25) is 0 Å². The fourth-order valence-corrected chi connectivity index (χ4v) is 3.37. The number of ether oxygens (including phenoxy) is 2. The molecule has 1 aromatic carbocycles. The Hall–Kier alpha value is -3.10. The molecule has 3 atom stereocenters. The molecule has 9 heteroatoms. The Morgan fingerprint density at radius 2 is 1.63 bits per heavy atom. The van der Waals surface area contributed by atoms with Gasteiger partial charge in [-0.15, -0.1) is 0 Å². The number of esters is 1. The van der Waals surface area contributed by atoms with Gasteiger partial charge in [-0.05, 0) is 60.5 Å². The van der Waals surface area contributed by atoms with Crippen molar-refractivity contribution in [2.24, 2.45) is 0 Å². The number of carbonyl (C=O) groups is 4. The van der Waals surface area contributed by atoms with Crippen LogP contribution in [0.15, 0.2) is 24.3 Å². The van der Waals surface area contributed by atoms with Crippen molar-refractivity contribution < 1.29 is 28.7 Å². The second-order valence-electron chi connectivity index (χ2n) is 9.53. The maximum absolute atomic E-state index is 13.6. The Kier molecular flexibility index (Phi) is 11.7. The van der Waals surface area contributed by atoms with Crippen molar-refractivity contribution in [2.75, 3.05) is 13.2 Å². The van der Waals surface area contributed by atoms with E-state index in [4.69, 9.17) is 9.47 Å². The number of benzene rings is 1. The van der Waals surface area contributed by atoms with Gasteiger partial charge in [-0.1, -0.05) is 36.8 Å². The summed E-state index contributed by atoms with van der Waals surface area (Å²) in [4.78, 5) is 52.5. The normalized spacial score (nSPS) is 13.7. The van der Waals surface area contributed by atoms with Gasteiger partial charge in [-0.3, -0.25) is 14.4 Å². The number of hydrogen-bond acceptors (Lipinski definition) is 6. The summed E-state index contributed by atoms with van der Waals surface area (Å²) in [6, 6.07) is 5.15. The van der Waals surface area contributed by atoms with E-state index in [1.165, 1.54) is 4.90 Å². The summed E-state index contributed by atoms with van der Waals surface area (Å²) in [6.45, 7) is 14.5. The molecular formula is C26H41N3O6. The molecule has 1 aromatic rings. The third-order valence-electron chi connectivity index (χ3n) is 5.28. The molecule has 196 valence electrons. The van der Waals surface area contributed by atoms with E-state index in [1.807, 2.05) is 32.9 Å². The van der Waals surface area contributed by atoms with Crippen LogP contribution in [0.5, 0.6) is 0 Å². The highest BCUT2D eigenvalue weighted by Gasteiger charge is 2.37. The first-order valence-corrected chi connectivity index (χ1v) is 12.1. The van der Waals surface area contributed by atoms with Crippen molar-refractivity contribution in [3.8, 4) is 0 Å². The van der Waals surface area contributed by atoms with Gasteiger partial charge in [0.1, 0.15) is 17.7 Å². The van der Waals surface area contributed by atoms with E-state index in [2.05, 4.69) is 10.6 Å². The molecule has 35 heavy (non-hydrogen) atoms. The van der Waals surface area contributed by atoms with Crippen molar-refractivity contribution in [2.45, 2.75) is 92.0 Å². The van der Waals surface area contributed by atoms with E-state index in [0.29, 0.717) is 12.0 Å². The van der Waals surface area contributed by atoms with Crippen LogP contribution in [-0.4, -0.2) is 59.6 Å². The molecular weight excluding hydrogens is 450 g/mol. The molecule has 0 aliphatic heterocycles. The molecule has 0 fully saturated rings. The minimum Gasteiger partial charge on any atom is -0.466 e. The Labute approximate surface area is 208 Å². The molecule has 0 aliphatic rings. The SMILES string of the molecule is CCOC(=O)CCNC(=O)C(c1ccc(C)cc1)N(C(=O)C(C)NC(=O)OC(C)(C)C)C(C)CC. The van der Waals surface area contributed by atoms with Gasteiger partial charge in [-0.2, -0.15) is 0 Å². The highest BCUT2D eigenvalue weighted by molar-refractivity contribution is 5.92. The lowest BCUT2D eigenvalue weighted by Gasteiger charge is -2.37. The zero-order valence-electron chi connectivity index (χ0n) is 22.3. The lowest BCUT2D eigenvalue weighted by Crippen LogP contribution is -2.54. The molecule has 0 bridgehead atoms. The summed E-state index contributed by atoms with van der Waals surface area (Å²) in [6.07, 6.45) is -0.106. The number of nitrogens with zero attached hydrogens (tertiary/aromatic N) is 1. The van der Waals surface area contributed by atoms with Crippen molar-refractivity contribution in [1.29, 1.82) is 0 Å². The van der Waals surface area contributed by atoms with Gasteiger partial charge in [0.2, 0.25) is 11.8 Å². The van der Waals surface area contributed by atoms with Gasteiger partial charge < -0.3 is 25.0 Å². The van der Waals surface area contributed by atoms with Crippen molar-refractivity contribution in [1.82, 2.24) is 15.5 Å². The number of amides is 3. The van der Waals surface area contributed by atoms with Crippen LogP contribution in [0.3, 0.4) is 0 Å². The van der Waals surface area contributed by atoms with E-state index in [9.17, 15) is 19.2 Å². The maximum atomic E-state index is 13.6. The molecule has 0 aliphatic carbocycles. The molecule has 0 saturated heterocycles. The lowest BCUT2D eigenvalue weighted by atomic mass is 9.99. The first-order chi connectivity index (χ1) is 16.3. The van der Waals surface area contributed by atoms with Crippen LogP contribution in [0.4, 0.5) is 4.79 Å². The summed E-state index contributed by atoms with van der Waals surface area (Å²) in [5.41, 5.74) is 0.922. The fourth-order valence-electron chi connectivity index (χ4n) is 3.37. The third-order valence-corrected chi connectivity index (χ3v) is 5.28. The molecule has 0 saturated carbocycles. The highest BCUT2D eigenvalue weighted by atomic mass is 16.6. The average Bonchev–Trinajstić information content (AvgIpc) is 2.76. The van der Waals surface area contributed by atoms with Gasteiger partial charge in [0.05, 0.1) is 13.0 Å². The first kappa shape index (κ1) is 29.9. The topological polar surface area (TPSA) is 114 Å². The summed E-state index contributed by atoms with van der Waals surface area (Å²) in [5.74, 6) is -1.25. The van der Waals surface area contributed by atoms with Gasteiger partial charge in [-0.25, -0.2) is 4.79 Å². The van der Waals surface area contributed by atoms with Crippen molar-refractivity contribution >= 4 is 23.9 Å². The summed E-state index contributed by atoms with van der Waals surface area (Å²) in [5, 5.41) is 5.34. The molecule has 1 rings (SSSR count).